The quantitative estimate of drug-likeness (QED) is 0.762. The maximum atomic E-state index is 12.4. The van der Waals surface area contributed by atoms with Gasteiger partial charge < -0.3 is 4.90 Å². The number of hydrogen-bond donors (Lipinski definition) is 1. The van der Waals surface area contributed by atoms with E-state index in [9.17, 15) is 9.59 Å². The molecule has 1 fully saturated rings. The fourth-order valence-electron chi connectivity index (χ4n) is 3.01. The summed E-state index contributed by atoms with van der Waals surface area (Å²) in [5.74, 6) is 0.0586. The lowest BCUT2D eigenvalue weighted by atomic mass is 9.93. The minimum atomic E-state index is -0.269. The third-order valence-electron chi connectivity index (χ3n) is 4.26. The molecule has 116 valence electrons. The van der Waals surface area contributed by atoms with Crippen molar-refractivity contribution in [3.05, 3.63) is 58.4 Å². The Morgan fingerprint density at radius 1 is 1.26 bits per heavy atom. The highest BCUT2D eigenvalue weighted by Crippen LogP contribution is 2.30. The molecule has 0 aliphatic carbocycles. The molecule has 3 heterocycles. The van der Waals surface area contributed by atoms with Crippen molar-refractivity contribution in [2.24, 2.45) is 7.05 Å². The molecule has 0 bridgehead atoms. The molecule has 1 aromatic carbocycles. The van der Waals surface area contributed by atoms with Gasteiger partial charge in [-0.15, -0.1) is 0 Å². The number of nitrogens with one attached hydrogen (secondary N) is 1. The van der Waals surface area contributed by atoms with Gasteiger partial charge in [0.05, 0.1) is 11.2 Å². The van der Waals surface area contributed by atoms with Crippen LogP contribution in [0, 0.1) is 0 Å². The first-order valence-corrected chi connectivity index (χ1v) is 7.38. The number of aryl methyl sites for hydroxylation is 1. The van der Waals surface area contributed by atoms with Crippen LogP contribution in [-0.2, 0) is 7.05 Å². The molecule has 3 aromatic rings. The van der Waals surface area contributed by atoms with E-state index < -0.39 is 0 Å². The van der Waals surface area contributed by atoms with Gasteiger partial charge in [0, 0.05) is 37.5 Å². The summed E-state index contributed by atoms with van der Waals surface area (Å²) >= 11 is 0. The highest BCUT2D eigenvalue weighted by molar-refractivity contribution is 5.93. The molecule has 7 nitrogen and oxygen atoms in total. The average Bonchev–Trinajstić information content (AvgIpc) is 2.84. The van der Waals surface area contributed by atoms with Crippen LogP contribution in [0.2, 0.25) is 0 Å². The first-order valence-electron chi connectivity index (χ1n) is 7.38. The number of hydrogen-bond acceptors (Lipinski definition) is 4. The number of aromatic nitrogens is 4. The van der Waals surface area contributed by atoms with Crippen molar-refractivity contribution >= 4 is 16.8 Å². The van der Waals surface area contributed by atoms with Crippen LogP contribution >= 0.6 is 0 Å². The molecular formula is C16H15N5O2. The van der Waals surface area contributed by atoms with E-state index in [1.807, 2.05) is 24.3 Å². The lowest BCUT2D eigenvalue weighted by molar-refractivity contribution is 0.0588. The summed E-state index contributed by atoms with van der Waals surface area (Å²) in [5, 5.41) is 3.58. The first kappa shape index (κ1) is 13.7. The number of benzene rings is 1. The molecule has 23 heavy (non-hydrogen) atoms. The van der Waals surface area contributed by atoms with Crippen molar-refractivity contribution in [2.45, 2.75) is 5.92 Å². The van der Waals surface area contributed by atoms with Gasteiger partial charge in [-0.1, -0.05) is 18.2 Å². The number of likely N-dealkylation sites (tertiary alicyclic amines) is 1. The van der Waals surface area contributed by atoms with E-state index in [1.165, 1.54) is 10.7 Å². The lowest BCUT2D eigenvalue weighted by Gasteiger charge is -2.39. The number of H-pyrrole nitrogens is 1. The Labute approximate surface area is 131 Å². The van der Waals surface area contributed by atoms with Crippen molar-refractivity contribution in [2.75, 3.05) is 13.1 Å². The zero-order chi connectivity index (χ0) is 16.0. The zero-order valence-corrected chi connectivity index (χ0v) is 12.6. The monoisotopic (exact) mass is 309 g/mol. The summed E-state index contributed by atoms with van der Waals surface area (Å²) in [6.45, 7) is 1.19. The van der Waals surface area contributed by atoms with Crippen LogP contribution in [0.15, 0.2) is 41.5 Å². The minimum absolute atomic E-state index is 0.138. The predicted octanol–water partition coefficient (Wildman–Crippen LogP) is 0.896. The second-order valence-electron chi connectivity index (χ2n) is 5.75. The van der Waals surface area contributed by atoms with Crippen LogP contribution in [0.3, 0.4) is 0 Å². The highest BCUT2D eigenvalue weighted by atomic mass is 16.2. The van der Waals surface area contributed by atoms with Crippen molar-refractivity contribution < 1.29 is 4.79 Å². The molecule has 1 N–H and O–H groups in total. The van der Waals surface area contributed by atoms with E-state index in [1.54, 1.807) is 18.3 Å². The SMILES string of the molecule is Cn1[nH]c(=O)cc1C(=O)N1CC(c2ncnc3ccccc23)C1. The standard InChI is InChI=1S/C16H15N5O2/c1-20-13(6-14(22)19-20)16(23)21-7-10(8-21)15-11-4-2-3-5-12(11)17-9-18-15/h2-6,9-10H,7-8H2,1H3,(H,19,22). The molecule has 1 aliphatic rings. The molecule has 0 unspecified atom stereocenters. The maximum absolute atomic E-state index is 12.4. The van der Waals surface area contributed by atoms with Crippen molar-refractivity contribution in [3.8, 4) is 0 Å². The van der Waals surface area contributed by atoms with E-state index in [0.717, 1.165) is 16.6 Å². The normalized spacial score (nSPS) is 14.9. The van der Waals surface area contributed by atoms with Crippen LogP contribution in [0.1, 0.15) is 22.1 Å². The van der Waals surface area contributed by atoms with Gasteiger partial charge in [0.2, 0.25) is 0 Å². The second-order valence-corrected chi connectivity index (χ2v) is 5.75. The Bertz CT molecular complexity index is 947. The lowest BCUT2D eigenvalue weighted by Crippen LogP contribution is -2.49. The van der Waals surface area contributed by atoms with Crippen LogP contribution in [0.25, 0.3) is 10.9 Å². The summed E-state index contributed by atoms with van der Waals surface area (Å²) < 4.78 is 1.46. The van der Waals surface area contributed by atoms with Gasteiger partial charge in [0.15, 0.2) is 0 Å². The maximum Gasteiger partial charge on any atom is 0.272 e. The Balaban J connectivity index is 1.56. The Hall–Kier alpha value is -2.96. The molecule has 1 amide bonds. The summed E-state index contributed by atoms with van der Waals surface area (Å²) in [4.78, 5) is 34.1. The summed E-state index contributed by atoms with van der Waals surface area (Å²) in [5.41, 5.74) is 1.99. The largest absolute Gasteiger partial charge is 0.336 e. The average molecular weight is 309 g/mol. The van der Waals surface area contributed by atoms with Crippen LogP contribution < -0.4 is 5.56 Å². The van der Waals surface area contributed by atoms with E-state index in [-0.39, 0.29) is 17.4 Å². The van der Waals surface area contributed by atoms with Gasteiger partial charge in [-0.05, 0) is 6.07 Å². The summed E-state index contributed by atoms with van der Waals surface area (Å²) in [6.07, 6.45) is 1.57. The van der Waals surface area contributed by atoms with E-state index in [2.05, 4.69) is 15.1 Å². The highest BCUT2D eigenvalue weighted by Gasteiger charge is 2.35. The fourth-order valence-corrected chi connectivity index (χ4v) is 3.01. The van der Waals surface area contributed by atoms with Gasteiger partial charge in [-0.2, -0.15) is 0 Å². The van der Waals surface area contributed by atoms with Crippen molar-refractivity contribution in [1.29, 1.82) is 0 Å². The van der Waals surface area contributed by atoms with Crippen molar-refractivity contribution in [1.82, 2.24) is 24.6 Å². The number of aromatic amines is 1. The molecule has 2 aromatic heterocycles. The number of nitrogens with zero attached hydrogens (tertiary/aromatic N) is 4. The number of rotatable bonds is 2. The smallest absolute Gasteiger partial charge is 0.272 e. The Morgan fingerprint density at radius 3 is 2.78 bits per heavy atom. The molecule has 0 atom stereocenters. The number of para-hydroxylation sites is 1. The minimum Gasteiger partial charge on any atom is -0.336 e. The molecule has 0 saturated carbocycles. The molecular weight excluding hydrogens is 294 g/mol. The van der Waals surface area contributed by atoms with Crippen LogP contribution in [0.5, 0.6) is 0 Å². The number of carbonyl (C=O) groups is 1. The topological polar surface area (TPSA) is 83.9 Å². The van der Waals surface area contributed by atoms with E-state index in [0.29, 0.717) is 18.8 Å². The first-order chi connectivity index (χ1) is 11.1. The molecule has 4 rings (SSSR count). The zero-order valence-electron chi connectivity index (χ0n) is 12.6. The van der Waals surface area contributed by atoms with Gasteiger partial charge in [-0.3, -0.25) is 19.4 Å². The number of amides is 1. The van der Waals surface area contributed by atoms with Crippen LogP contribution in [0.4, 0.5) is 0 Å². The van der Waals surface area contributed by atoms with Gasteiger partial charge in [-0.25, -0.2) is 9.97 Å². The predicted molar refractivity (Wildman–Crippen MR) is 84.2 cm³/mol. The molecule has 1 saturated heterocycles. The third kappa shape index (κ3) is 2.21. The summed E-state index contributed by atoms with van der Waals surface area (Å²) in [7, 11) is 1.66. The summed E-state index contributed by atoms with van der Waals surface area (Å²) in [6, 6.07) is 9.20. The third-order valence-corrected chi connectivity index (χ3v) is 4.26. The Kier molecular flexibility index (Phi) is 3.00. The Morgan fingerprint density at radius 2 is 2.04 bits per heavy atom. The van der Waals surface area contributed by atoms with E-state index >= 15 is 0 Å². The molecule has 7 heteroatoms. The van der Waals surface area contributed by atoms with E-state index in [4.69, 9.17) is 0 Å². The molecule has 1 aliphatic heterocycles. The fraction of sp³-hybridized carbons (Fsp3) is 0.250. The van der Waals surface area contributed by atoms with Crippen LogP contribution in [-0.4, -0.2) is 43.6 Å². The van der Waals surface area contributed by atoms with Gasteiger partial charge >= 0.3 is 0 Å². The number of carbonyl (C=O) groups excluding carboxylic acids is 1. The van der Waals surface area contributed by atoms with Crippen molar-refractivity contribution in [3.63, 3.8) is 0 Å². The second kappa shape index (κ2) is 5.05. The number of fused-ring (bicyclic) bond motifs is 1. The molecule has 0 spiro atoms. The van der Waals surface area contributed by atoms with Gasteiger partial charge in [0.1, 0.15) is 12.0 Å². The van der Waals surface area contributed by atoms with Gasteiger partial charge in [0.25, 0.3) is 11.5 Å². The molecule has 0 radical (unpaired) electrons.